The summed E-state index contributed by atoms with van der Waals surface area (Å²) in [6.45, 7) is 0. The second kappa shape index (κ2) is 18.0. The SMILES string of the molecule is Brc1ccccc1-c1ccccc1-c1ccccc1.Brc1ccccc1I.C.OB(O)c1ccccc1-c1ccccc1. The van der Waals surface area contributed by atoms with Crippen LogP contribution in [0.25, 0.3) is 33.4 Å². The van der Waals surface area contributed by atoms with Crippen molar-refractivity contribution in [2.24, 2.45) is 0 Å². The van der Waals surface area contributed by atoms with Gasteiger partial charge in [0.2, 0.25) is 0 Å². The molecule has 0 heterocycles. The van der Waals surface area contributed by atoms with Gasteiger partial charge in [-0.05, 0) is 95.6 Å². The van der Waals surface area contributed by atoms with Gasteiger partial charge in [0.15, 0.2) is 0 Å². The quantitative estimate of drug-likeness (QED) is 0.138. The van der Waals surface area contributed by atoms with Gasteiger partial charge >= 0.3 is 7.12 Å². The Bertz CT molecular complexity index is 1680. The Morgan fingerprint density at radius 3 is 1.30 bits per heavy atom. The van der Waals surface area contributed by atoms with Gasteiger partial charge in [0.25, 0.3) is 0 Å². The molecule has 0 atom stereocenters. The van der Waals surface area contributed by atoms with Crippen LogP contribution in [0.4, 0.5) is 0 Å². The Labute approximate surface area is 286 Å². The first kappa shape index (κ1) is 34.5. The number of rotatable bonds is 4. The number of hydrogen-bond acceptors (Lipinski definition) is 2. The zero-order chi connectivity index (χ0) is 29.7. The maximum absolute atomic E-state index is 9.22. The van der Waals surface area contributed by atoms with Crippen molar-refractivity contribution in [1.29, 1.82) is 0 Å². The zero-order valence-corrected chi connectivity index (χ0v) is 27.9. The van der Waals surface area contributed by atoms with Crippen LogP contribution in [0.1, 0.15) is 7.43 Å². The molecule has 0 saturated carbocycles. The zero-order valence-electron chi connectivity index (χ0n) is 22.6. The molecule has 2 N–H and O–H groups in total. The van der Waals surface area contributed by atoms with E-state index in [-0.39, 0.29) is 7.43 Å². The van der Waals surface area contributed by atoms with Crippen molar-refractivity contribution in [3.05, 3.63) is 170 Å². The number of hydrogen-bond donors (Lipinski definition) is 2. The van der Waals surface area contributed by atoms with Crippen molar-refractivity contribution < 1.29 is 10.0 Å². The Morgan fingerprint density at radius 1 is 0.419 bits per heavy atom. The molecular formula is C37H32BBr2IO2. The summed E-state index contributed by atoms with van der Waals surface area (Å²) >= 11 is 9.30. The Hall–Kier alpha value is -3.01. The van der Waals surface area contributed by atoms with Gasteiger partial charge in [-0.15, -0.1) is 0 Å². The molecule has 0 aromatic heterocycles. The average Bonchev–Trinajstić information content (AvgIpc) is 3.04. The lowest BCUT2D eigenvalue weighted by Gasteiger charge is -2.11. The highest BCUT2D eigenvalue weighted by atomic mass is 127. The fourth-order valence-corrected chi connectivity index (χ4v) is 5.48. The van der Waals surface area contributed by atoms with E-state index in [9.17, 15) is 10.0 Å². The molecule has 2 nitrogen and oxygen atoms in total. The van der Waals surface area contributed by atoms with Crippen LogP contribution in [0.2, 0.25) is 0 Å². The average molecular weight is 806 g/mol. The van der Waals surface area contributed by atoms with Crippen molar-refractivity contribution in [2.75, 3.05) is 0 Å². The summed E-state index contributed by atoms with van der Waals surface area (Å²) in [7, 11) is -1.43. The van der Waals surface area contributed by atoms with Gasteiger partial charge in [-0.25, -0.2) is 0 Å². The molecule has 0 saturated heterocycles. The summed E-state index contributed by atoms with van der Waals surface area (Å²) in [5.74, 6) is 0. The van der Waals surface area contributed by atoms with E-state index in [1.165, 1.54) is 30.3 Å². The minimum Gasteiger partial charge on any atom is -0.423 e. The van der Waals surface area contributed by atoms with Gasteiger partial charge in [0.1, 0.15) is 0 Å². The maximum atomic E-state index is 9.22. The molecule has 0 amide bonds. The molecule has 0 aliphatic carbocycles. The molecule has 0 aliphatic heterocycles. The van der Waals surface area contributed by atoms with Crippen molar-refractivity contribution in [2.45, 2.75) is 7.43 Å². The Balaban J connectivity index is 0.000000188. The minimum absolute atomic E-state index is 0. The molecule has 0 fully saturated rings. The van der Waals surface area contributed by atoms with Crippen LogP contribution < -0.4 is 5.46 Å². The van der Waals surface area contributed by atoms with E-state index in [1.807, 2.05) is 72.8 Å². The molecule has 0 unspecified atom stereocenters. The second-order valence-corrected chi connectivity index (χ2v) is 12.0. The largest absolute Gasteiger partial charge is 0.489 e. The third kappa shape index (κ3) is 10.0. The summed E-state index contributed by atoms with van der Waals surface area (Å²) < 4.78 is 3.55. The predicted molar refractivity (Wildman–Crippen MR) is 200 cm³/mol. The summed E-state index contributed by atoms with van der Waals surface area (Å²) in [5.41, 5.74) is 7.35. The molecule has 6 rings (SSSR count). The smallest absolute Gasteiger partial charge is 0.423 e. The van der Waals surface area contributed by atoms with Gasteiger partial charge in [0, 0.05) is 12.5 Å². The van der Waals surface area contributed by atoms with Crippen LogP contribution in [-0.2, 0) is 0 Å². The standard InChI is InChI=1S/C18H13Br.C12H11BO2.C6H4BrI.CH4/c19-18-13-7-6-12-17(18)16-11-5-4-10-15(16)14-8-2-1-3-9-14;14-13(15)12-9-5-4-8-11(12)10-6-2-1-3-7-10;7-5-3-1-2-4-6(5)8;/h1-13H;1-9,14-15H;1-4H;1H4. The van der Waals surface area contributed by atoms with Crippen molar-refractivity contribution >= 4 is 67.0 Å². The van der Waals surface area contributed by atoms with Crippen LogP contribution in [0, 0.1) is 3.57 Å². The number of benzene rings is 6. The minimum atomic E-state index is -1.43. The van der Waals surface area contributed by atoms with Gasteiger partial charge in [-0.1, -0.05) is 163 Å². The van der Waals surface area contributed by atoms with Crippen LogP contribution in [0.3, 0.4) is 0 Å². The van der Waals surface area contributed by atoms with Gasteiger partial charge < -0.3 is 10.0 Å². The molecular weight excluding hydrogens is 774 g/mol. The third-order valence-electron chi connectivity index (χ3n) is 6.32. The lowest BCUT2D eigenvalue weighted by molar-refractivity contribution is 0.426. The summed E-state index contributed by atoms with van der Waals surface area (Å²) in [4.78, 5) is 0. The van der Waals surface area contributed by atoms with E-state index in [1.54, 1.807) is 12.1 Å². The topological polar surface area (TPSA) is 40.5 Å². The van der Waals surface area contributed by atoms with Crippen molar-refractivity contribution in [1.82, 2.24) is 0 Å². The van der Waals surface area contributed by atoms with Crippen LogP contribution in [0.5, 0.6) is 0 Å². The fourth-order valence-electron chi connectivity index (χ4n) is 4.31. The van der Waals surface area contributed by atoms with Crippen LogP contribution in [0.15, 0.2) is 167 Å². The molecule has 43 heavy (non-hydrogen) atoms. The Morgan fingerprint density at radius 2 is 0.814 bits per heavy atom. The first-order chi connectivity index (χ1) is 20.5. The highest BCUT2D eigenvalue weighted by Gasteiger charge is 2.15. The molecule has 0 bridgehead atoms. The predicted octanol–water partition coefficient (Wildman–Crippen LogP) is 10.5. The summed E-state index contributed by atoms with van der Waals surface area (Å²) in [5, 5.41) is 18.4. The van der Waals surface area contributed by atoms with E-state index in [2.05, 4.69) is 127 Å². The molecule has 6 heteroatoms. The molecule has 0 aliphatic rings. The summed E-state index contributed by atoms with van der Waals surface area (Å²) in [6.07, 6.45) is 0. The highest BCUT2D eigenvalue weighted by molar-refractivity contribution is 14.1. The molecule has 0 spiro atoms. The van der Waals surface area contributed by atoms with E-state index in [4.69, 9.17) is 0 Å². The molecule has 0 radical (unpaired) electrons. The lowest BCUT2D eigenvalue weighted by atomic mass is 9.75. The normalized spacial score (nSPS) is 9.79. The van der Waals surface area contributed by atoms with E-state index >= 15 is 0 Å². The highest BCUT2D eigenvalue weighted by Crippen LogP contribution is 2.35. The van der Waals surface area contributed by atoms with Crippen molar-refractivity contribution in [3.8, 4) is 33.4 Å². The van der Waals surface area contributed by atoms with Gasteiger partial charge in [-0.2, -0.15) is 0 Å². The van der Waals surface area contributed by atoms with Crippen LogP contribution in [-0.4, -0.2) is 17.2 Å². The molecule has 6 aromatic carbocycles. The molecule has 6 aromatic rings. The maximum Gasteiger partial charge on any atom is 0.489 e. The first-order valence-corrected chi connectivity index (χ1v) is 15.9. The second-order valence-electron chi connectivity index (χ2n) is 9.13. The molecule has 216 valence electrons. The number of halogens is 3. The van der Waals surface area contributed by atoms with E-state index in [0.717, 1.165) is 15.6 Å². The van der Waals surface area contributed by atoms with Crippen LogP contribution >= 0.6 is 54.5 Å². The lowest BCUT2D eigenvalue weighted by Crippen LogP contribution is -2.31. The monoisotopic (exact) mass is 804 g/mol. The first-order valence-electron chi connectivity index (χ1n) is 13.3. The van der Waals surface area contributed by atoms with Gasteiger partial charge in [0.05, 0.1) is 0 Å². The third-order valence-corrected chi connectivity index (χ3v) is 9.39. The van der Waals surface area contributed by atoms with Gasteiger partial charge in [-0.3, -0.25) is 0 Å². The van der Waals surface area contributed by atoms with Crippen molar-refractivity contribution in [3.63, 3.8) is 0 Å². The fraction of sp³-hybridized carbons (Fsp3) is 0.0270. The summed E-state index contributed by atoms with van der Waals surface area (Å²) in [6, 6.07) is 52.4. The Kier molecular flexibility index (Phi) is 14.4. The van der Waals surface area contributed by atoms with E-state index in [0.29, 0.717) is 5.46 Å². The van der Waals surface area contributed by atoms with E-state index < -0.39 is 7.12 Å².